The highest BCUT2D eigenvalue weighted by molar-refractivity contribution is 6.27. The lowest BCUT2D eigenvalue weighted by atomic mass is 9.97. The predicted octanol–water partition coefficient (Wildman–Crippen LogP) is 11.9. The Hall–Kier alpha value is -6.65. The maximum absolute atomic E-state index is 6.68. The van der Waals surface area contributed by atoms with E-state index in [0.29, 0.717) is 17.5 Å². The summed E-state index contributed by atoms with van der Waals surface area (Å²) in [6, 6.07) is 56.9. The van der Waals surface area contributed by atoms with Gasteiger partial charge in [0.2, 0.25) is 0 Å². The van der Waals surface area contributed by atoms with Crippen molar-refractivity contribution in [2.75, 3.05) is 0 Å². The smallest absolute Gasteiger partial charge is 0.164 e. The van der Waals surface area contributed by atoms with Gasteiger partial charge in [-0.15, -0.1) is 0 Å². The van der Waals surface area contributed by atoms with E-state index in [1.807, 2.05) is 30.3 Å². The minimum Gasteiger partial charge on any atom is -0.455 e. The summed E-state index contributed by atoms with van der Waals surface area (Å²) in [5.74, 6) is 1.85. The van der Waals surface area contributed by atoms with Crippen LogP contribution in [0.5, 0.6) is 0 Å². The van der Waals surface area contributed by atoms with Gasteiger partial charge in [0.1, 0.15) is 11.2 Å². The highest BCUT2D eigenvalue weighted by Gasteiger charge is 2.21. The van der Waals surface area contributed by atoms with Crippen LogP contribution >= 0.6 is 0 Å². The number of benzene rings is 8. The maximum Gasteiger partial charge on any atom is 0.164 e. The van der Waals surface area contributed by atoms with Crippen molar-refractivity contribution >= 4 is 54.3 Å². The summed E-state index contributed by atoms with van der Waals surface area (Å²) in [5, 5.41) is 8.95. The van der Waals surface area contributed by atoms with Crippen molar-refractivity contribution in [2.24, 2.45) is 0 Å². The molecule has 8 aromatic carbocycles. The van der Waals surface area contributed by atoms with E-state index in [9.17, 15) is 0 Å². The summed E-state index contributed by atoms with van der Waals surface area (Å²) < 4.78 is 6.68. The lowest BCUT2D eigenvalue weighted by molar-refractivity contribution is 0.673. The fourth-order valence-electron chi connectivity index (χ4n) is 7.07. The molecule has 10 aromatic rings. The zero-order chi connectivity index (χ0) is 32.3. The second-order valence-electron chi connectivity index (χ2n) is 12.4. The van der Waals surface area contributed by atoms with Crippen molar-refractivity contribution < 1.29 is 4.42 Å². The Kier molecular flexibility index (Phi) is 6.15. The third-order valence-electron chi connectivity index (χ3n) is 9.49. The standard InChI is InChI=1S/C45H27N3O/c1-2-12-31(13-3-1)43-46-44(32-21-18-29(19-22-32)34-23-20-28-10-4-5-14-33(28)26-34)48-45(47-43)38-27-35-15-7-9-17-37(35)42-41(38)40-36-16-8-6-11-30(36)24-25-39(40)49-42/h1-27H. The van der Waals surface area contributed by atoms with Crippen molar-refractivity contribution in [3.05, 3.63) is 164 Å². The molecular weight excluding hydrogens is 599 g/mol. The van der Waals surface area contributed by atoms with Gasteiger partial charge in [-0.2, -0.15) is 0 Å². The number of furan rings is 1. The van der Waals surface area contributed by atoms with E-state index in [1.54, 1.807) is 0 Å². The Morgan fingerprint density at radius 1 is 0.347 bits per heavy atom. The summed E-state index contributed by atoms with van der Waals surface area (Å²) in [6.45, 7) is 0. The zero-order valence-electron chi connectivity index (χ0n) is 26.3. The molecule has 0 N–H and O–H groups in total. The molecule has 0 spiro atoms. The van der Waals surface area contributed by atoms with Crippen LogP contribution in [0.3, 0.4) is 0 Å². The van der Waals surface area contributed by atoms with E-state index in [4.69, 9.17) is 19.4 Å². The molecule has 0 bridgehead atoms. The minimum absolute atomic E-state index is 0.605. The molecule has 0 radical (unpaired) electrons. The number of hydrogen-bond acceptors (Lipinski definition) is 4. The lowest BCUT2D eigenvalue weighted by Crippen LogP contribution is -2.00. The third-order valence-corrected chi connectivity index (χ3v) is 9.49. The molecule has 0 aliphatic carbocycles. The van der Waals surface area contributed by atoms with Gasteiger partial charge in [0.25, 0.3) is 0 Å². The molecule has 0 saturated heterocycles. The third kappa shape index (κ3) is 4.57. The van der Waals surface area contributed by atoms with Crippen LogP contribution in [-0.2, 0) is 0 Å². The Morgan fingerprint density at radius 3 is 1.71 bits per heavy atom. The molecule has 49 heavy (non-hydrogen) atoms. The first kappa shape index (κ1) is 27.5. The molecule has 0 saturated carbocycles. The zero-order valence-corrected chi connectivity index (χ0v) is 26.3. The van der Waals surface area contributed by atoms with Gasteiger partial charge < -0.3 is 4.42 Å². The SMILES string of the molecule is c1ccc(-c2nc(-c3ccc(-c4ccc5ccccc5c4)cc3)nc(-c3cc4ccccc4c4oc5ccc6ccccc6c5c34)n2)cc1. The quantitative estimate of drug-likeness (QED) is 0.195. The Bertz CT molecular complexity index is 2870. The topological polar surface area (TPSA) is 51.8 Å². The highest BCUT2D eigenvalue weighted by Crippen LogP contribution is 2.43. The average Bonchev–Trinajstić information content (AvgIpc) is 3.58. The van der Waals surface area contributed by atoms with Gasteiger partial charge in [0.05, 0.1) is 0 Å². The Balaban J connectivity index is 1.21. The molecular formula is C45H27N3O. The van der Waals surface area contributed by atoms with Crippen LogP contribution in [0.2, 0.25) is 0 Å². The van der Waals surface area contributed by atoms with Crippen LogP contribution in [0.4, 0.5) is 0 Å². The van der Waals surface area contributed by atoms with Gasteiger partial charge >= 0.3 is 0 Å². The molecule has 228 valence electrons. The van der Waals surface area contributed by atoms with E-state index in [2.05, 4.69) is 133 Å². The molecule has 0 atom stereocenters. The average molecular weight is 626 g/mol. The van der Waals surface area contributed by atoms with Gasteiger partial charge in [-0.05, 0) is 56.3 Å². The molecule has 10 rings (SSSR count). The van der Waals surface area contributed by atoms with Gasteiger partial charge in [0.15, 0.2) is 17.5 Å². The first-order chi connectivity index (χ1) is 24.3. The molecule has 0 aliphatic rings. The molecule has 4 heteroatoms. The Morgan fingerprint density at radius 2 is 0.918 bits per heavy atom. The lowest BCUT2D eigenvalue weighted by Gasteiger charge is -2.11. The van der Waals surface area contributed by atoms with Crippen molar-refractivity contribution in [3.8, 4) is 45.3 Å². The number of rotatable bonds is 4. The summed E-state index contributed by atoms with van der Waals surface area (Å²) >= 11 is 0. The van der Waals surface area contributed by atoms with Crippen LogP contribution in [0.25, 0.3) is 99.5 Å². The molecule has 0 aliphatic heterocycles. The molecule has 2 heterocycles. The fraction of sp³-hybridized carbons (Fsp3) is 0. The van der Waals surface area contributed by atoms with E-state index >= 15 is 0 Å². The van der Waals surface area contributed by atoms with Crippen LogP contribution in [-0.4, -0.2) is 15.0 Å². The minimum atomic E-state index is 0.605. The van der Waals surface area contributed by atoms with E-state index < -0.39 is 0 Å². The number of aromatic nitrogens is 3. The number of nitrogens with zero attached hydrogens (tertiary/aromatic N) is 3. The molecule has 2 aromatic heterocycles. The van der Waals surface area contributed by atoms with Crippen LogP contribution in [0.15, 0.2) is 168 Å². The molecule has 0 fully saturated rings. The van der Waals surface area contributed by atoms with Crippen molar-refractivity contribution in [1.82, 2.24) is 15.0 Å². The summed E-state index contributed by atoms with van der Waals surface area (Å²) in [5.41, 5.74) is 6.75. The van der Waals surface area contributed by atoms with Gasteiger partial charge in [-0.3, -0.25) is 0 Å². The summed E-state index contributed by atoms with van der Waals surface area (Å²) in [7, 11) is 0. The van der Waals surface area contributed by atoms with Crippen LogP contribution in [0.1, 0.15) is 0 Å². The summed E-state index contributed by atoms with van der Waals surface area (Å²) in [4.78, 5) is 15.4. The predicted molar refractivity (Wildman–Crippen MR) is 201 cm³/mol. The van der Waals surface area contributed by atoms with E-state index in [-0.39, 0.29) is 0 Å². The normalized spacial score (nSPS) is 11.7. The highest BCUT2D eigenvalue weighted by atomic mass is 16.3. The molecule has 4 nitrogen and oxygen atoms in total. The summed E-state index contributed by atoms with van der Waals surface area (Å²) in [6.07, 6.45) is 0. The van der Waals surface area contributed by atoms with E-state index in [1.165, 1.54) is 16.3 Å². The van der Waals surface area contributed by atoms with Crippen molar-refractivity contribution in [3.63, 3.8) is 0 Å². The maximum atomic E-state index is 6.68. The monoisotopic (exact) mass is 625 g/mol. The number of hydrogen-bond donors (Lipinski definition) is 0. The fourth-order valence-corrected chi connectivity index (χ4v) is 7.07. The first-order valence-corrected chi connectivity index (χ1v) is 16.4. The van der Waals surface area contributed by atoms with E-state index in [0.717, 1.165) is 65.7 Å². The van der Waals surface area contributed by atoms with Gasteiger partial charge in [-0.1, -0.05) is 146 Å². The molecule has 0 amide bonds. The second-order valence-corrected chi connectivity index (χ2v) is 12.4. The number of fused-ring (bicyclic) bond motifs is 8. The molecule has 0 unspecified atom stereocenters. The van der Waals surface area contributed by atoms with Gasteiger partial charge in [0, 0.05) is 32.8 Å². The van der Waals surface area contributed by atoms with Crippen LogP contribution < -0.4 is 0 Å². The van der Waals surface area contributed by atoms with Crippen molar-refractivity contribution in [2.45, 2.75) is 0 Å². The van der Waals surface area contributed by atoms with Crippen molar-refractivity contribution in [1.29, 1.82) is 0 Å². The second kappa shape index (κ2) is 11.0. The van der Waals surface area contributed by atoms with Gasteiger partial charge in [-0.25, -0.2) is 15.0 Å². The largest absolute Gasteiger partial charge is 0.455 e. The Labute approximate surface area is 282 Å². The first-order valence-electron chi connectivity index (χ1n) is 16.4. The van der Waals surface area contributed by atoms with Crippen LogP contribution in [0, 0.1) is 0 Å².